The van der Waals surface area contributed by atoms with E-state index in [2.05, 4.69) is 9.47 Å². The molecule has 0 saturated carbocycles. The van der Waals surface area contributed by atoms with E-state index in [1.807, 2.05) is 0 Å². The molecule has 22 heavy (non-hydrogen) atoms. The van der Waals surface area contributed by atoms with Crippen molar-refractivity contribution in [2.24, 2.45) is 0 Å². The van der Waals surface area contributed by atoms with Crippen LogP contribution in [0.2, 0.25) is 0 Å². The summed E-state index contributed by atoms with van der Waals surface area (Å²) in [5, 5.41) is 0. The predicted octanol–water partition coefficient (Wildman–Crippen LogP) is 3.21. The Kier molecular flexibility index (Phi) is 4.50. The van der Waals surface area contributed by atoms with Crippen molar-refractivity contribution in [1.29, 1.82) is 0 Å². The lowest BCUT2D eigenvalue weighted by molar-refractivity contribution is 0.0588. The molecule has 0 spiro atoms. The van der Waals surface area contributed by atoms with Gasteiger partial charge >= 0.3 is 11.9 Å². The monoisotopic (exact) mass is 306 g/mol. The normalized spacial score (nSPS) is 10.2. The molecule has 0 atom stereocenters. The SMILES string of the molecule is COC(=O)c1cc(F)cc(-c2ccc(C(=O)OC)c(F)c2)c1. The average molecular weight is 306 g/mol. The molecule has 0 aliphatic heterocycles. The summed E-state index contributed by atoms with van der Waals surface area (Å²) in [5.41, 5.74) is 0.385. The summed E-state index contributed by atoms with van der Waals surface area (Å²) >= 11 is 0. The molecule has 0 aliphatic rings. The largest absolute Gasteiger partial charge is 0.465 e. The highest BCUT2D eigenvalue weighted by Gasteiger charge is 2.15. The van der Waals surface area contributed by atoms with Crippen LogP contribution in [0.5, 0.6) is 0 Å². The Hall–Kier alpha value is -2.76. The summed E-state index contributed by atoms with van der Waals surface area (Å²) in [5.74, 6) is -2.96. The average Bonchev–Trinajstić information content (AvgIpc) is 2.52. The number of rotatable bonds is 3. The Morgan fingerprint density at radius 1 is 0.864 bits per heavy atom. The van der Waals surface area contributed by atoms with Crippen LogP contribution >= 0.6 is 0 Å². The second-order valence-electron chi connectivity index (χ2n) is 4.41. The lowest BCUT2D eigenvalue weighted by atomic mass is 10.0. The molecule has 6 heteroatoms. The van der Waals surface area contributed by atoms with E-state index in [1.165, 1.54) is 25.3 Å². The van der Waals surface area contributed by atoms with Crippen molar-refractivity contribution < 1.29 is 27.8 Å². The number of methoxy groups -OCH3 is 2. The number of carbonyl (C=O) groups excluding carboxylic acids is 2. The summed E-state index contributed by atoms with van der Waals surface area (Å²) in [6.07, 6.45) is 0. The minimum atomic E-state index is -0.807. The van der Waals surface area contributed by atoms with Gasteiger partial charge in [0.25, 0.3) is 0 Å². The standard InChI is InChI=1S/C16H12F2O4/c1-21-15(19)11-5-10(6-12(17)7-11)9-3-4-13(14(18)8-9)16(20)22-2/h3-8H,1-2H3. The first-order chi connectivity index (χ1) is 10.5. The van der Waals surface area contributed by atoms with E-state index in [0.29, 0.717) is 5.56 Å². The quantitative estimate of drug-likeness (QED) is 0.817. The number of hydrogen-bond donors (Lipinski definition) is 0. The molecule has 0 amide bonds. The van der Waals surface area contributed by atoms with Crippen LogP contribution in [0.1, 0.15) is 20.7 Å². The molecule has 0 radical (unpaired) electrons. The first-order valence-corrected chi connectivity index (χ1v) is 6.23. The Bertz CT molecular complexity index is 741. The third-order valence-electron chi connectivity index (χ3n) is 3.03. The van der Waals surface area contributed by atoms with Crippen LogP contribution in [0.25, 0.3) is 11.1 Å². The maximum absolute atomic E-state index is 13.9. The van der Waals surface area contributed by atoms with Gasteiger partial charge in [-0.3, -0.25) is 0 Å². The van der Waals surface area contributed by atoms with Gasteiger partial charge in [-0.05, 0) is 41.5 Å². The molecule has 2 rings (SSSR count). The van der Waals surface area contributed by atoms with E-state index in [-0.39, 0.29) is 16.7 Å². The van der Waals surface area contributed by atoms with Crippen molar-refractivity contribution in [3.63, 3.8) is 0 Å². The van der Waals surface area contributed by atoms with Crippen molar-refractivity contribution >= 4 is 11.9 Å². The van der Waals surface area contributed by atoms with Gasteiger partial charge in [-0.25, -0.2) is 18.4 Å². The van der Waals surface area contributed by atoms with E-state index in [9.17, 15) is 18.4 Å². The van der Waals surface area contributed by atoms with Gasteiger partial charge in [0.05, 0.1) is 25.3 Å². The van der Waals surface area contributed by atoms with Crippen molar-refractivity contribution in [3.8, 4) is 11.1 Å². The van der Waals surface area contributed by atoms with Crippen LogP contribution in [0.4, 0.5) is 8.78 Å². The maximum Gasteiger partial charge on any atom is 0.340 e. The summed E-state index contributed by atoms with van der Waals surface area (Å²) in [7, 11) is 2.32. The molecule has 0 aliphatic carbocycles. The summed E-state index contributed by atoms with van der Waals surface area (Å²) in [4.78, 5) is 22.8. The summed E-state index contributed by atoms with van der Waals surface area (Å²) in [6, 6.07) is 7.29. The Balaban J connectivity index is 2.48. The molecule has 0 saturated heterocycles. The van der Waals surface area contributed by atoms with Crippen molar-refractivity contribution in [1.82, 2.24) is 0 Å². The molecule has 0 bridgehead atoms. The van der Waals surface area contributed by atoms with Gasteiger partial charge in [0.1, 0.15) is 11.6 Å². The summed E-state index contributed by atoms with van der Waals surface area (Å²) in [6.45, 7) is 0. The van der Waals surface area contributed by atoms with Crippen LogP contribution in [-0.4, -0.2) is 26.2 Å². The van der Waals surface area contributed by atoms with Crippen LogP contribution in [0.15, 0.2) is 36.4 Å². The molecule has 2 aromatic carbocycles. The van der Waals surface area contributed by atoms with Crippen molar-refractivity contribution in [2.75, 3.05) is 14.2 Å². The van der Waals surface area contributed by atoms with Crippen LogP contribution in [-0.2, 0) is 9.47 Å². The Morgan fingerprint density at radius 3 is 2.14 bits per heavy atom. The third-order valence-corrected chi connectivity index (χ3v) is 3.03. The summed E-state index contributed by atoms with van der Waals surface area (Å²) < 4.78 is 36.5. The number of benzene rings is 2. The zero-order valence-corrected chi connectivity index (χ0v) is 11.9. The van der Waals surface area contributed by atoms with E-state index in [4.69, 9.17) is 0 Å². The highest BCUT2D eigenvalue weighted by atomic mass is 19.1. The zero-order chi connectivity index (χ0) is 16.3. The van der Waals surface area contributed by atoms with Gasteiger partial charge in [0.2, 0.25) is 0 Å². The highest BCUT2D eigenvalue weighted by Crippen LogP contribution is 2.25. The van der Waals surface area contributed by atoms with Gasteiger partial charge in [-0.15, -0.1) is 0 Å². The molecule has 0 N–H and O–H groups in total. The van der Waals surface area contributed by atoms with Crippen LogP contribution < -0.4 is 0 Å². The molecule has 0 heterocycles. The lowest BCUT2D eigenvalue weighted by Gasteiger charge is -2.07. The maximum atomic E-state index is 13.9. The van der Waals surface area contributed by atoms with E-state index in [0.717, 1.165) is 25.3 Å². The lowest BCUT2D eigenvalue weighted by Crippen LogP contribution is -2.04. The minimum Gasteiger partial charge on any atom is -0.465 e. The topological polar surface area (TPSA) is 52.6 Å². The molecule has 2 aromatic rings. The fourth-order valence-corrected chi connectivity index (χ4v) is 1.96. The second kappa shape index (κ2) is 6.34. The van der Waals surface area contributed by atoms with Crippen molar-refractivity contribution in [2.45, 2.75) is 0 Å². The first-order valence-electron chi connectivity index (χ1n) is 6.23. The van der Waals surface area contributed by atoms with E-state index >= 15 is 0 Å². The molecule has 0 unspecified atom stereocenters. The number of esters is 2. The molecule has 4 nitrogen and oxygen atoms in total. The van der Waals surface area contributed by atoms with Gasteiger partial charge < -0.3 is 9.47 Å². The van der Waals surface area contributed by atoms with Gasteiger partial charge in [-0.2, -0.15) is 0 Å². The molecular formula is C16H12F2O4. The van der Waals surface area contributed by atoms with Gasteiger partial charge in [0.15, 0.2) is 0 Å². The smallest absolute Gasteiger partial charge is 0.340 e. The fraction of sp³-hybridized carbons (Fsp3) is 0.125. The number of ether oxygens (including phenoxy) is 2. The number of carbonyl (C=O) groups is 2. The molecular weight excluding hydrogens is 294 g/mol. The minimum absolute atomic E-state index is 0.00922. The van der Waals surface area contributed by atoms with Gasteiger partial charge in [0, 0.05) is 0 Å². The number of halogens is 2. The predicted molar refractivity (Wildman–Crippen MR) is 74.5 cm³/mol. The van der Waals surface area contributed by atoms with Crippen LogP contribution in [0.3, 0.4) is 0 Å². The second-order valence-corrected chi connectivity index (χ2v) is 4.41. The molecule has 0 aromatic heterocycles. The van der Waals surface area contributed by atoms with Crippen molar-refractivity contribution in [3.05, 3.63) is 59.2 Å². The Morgan fingerprint density at radius 2 is 1.55 bits per heavy atom. The zero-order valence-electron chi connectivity index (χ0n) is 11.9. The van der Waals surface area contributed by atoms with E-state index in [1.54, 1.807) is 0 Å². The number of hydrogen-bond acceptors (Lipinski definition) is 4. The Labute approximate surface area is 125 Å². The molecule has 0 fully saturated rings. The fourth-order valence-electron chi connectivity index (χ4n) is 1.96. The van der Waals surface area contributed by atoms with E-state index < -0.39 is 23.6 Å². The molecule has 114 valence electrons. The van der Waals surface area contributed by atoms with Gasteiger partial charge in [-0.1, -0.05) is 6.07 Å². The third kappa shape index (κ3) is 3.11. The first kappa shape index (κ1) is 15.6. The van der Waals surface area contributed by atoms with Crippen LogP contribution in [0, 0.1) is 11.6 Å². The highest BCUT2D eigenvalue weighted by molar-refractivity contribution is 5.92.